The van der Waals surface area contributed by atoms with E-state index in [9.17, 15) is 9.59 Å². The molecular formula is C25H36N2O3. The lowest BCUT2D eigenvalue weighted by atomic mass is 9.90. The van der Waals surface area contributed by atoms with Gasteiger partial charge in [-0.2, -0.15) is 0 Å². The van der Waals surface area contributed by atoms with Gasteiger partial charge in [-0.1, -0.05) is 44.7 Å². The Labute approximate surface area is 180 Å². The van der Waals surface area contributed by atoms with E-state index in [1.54, 1.807) is 0 Å². The van der Waals surface area contributed by atoms with E-state index in [-0.39, 0.29) is 24.0 Å². The summed E-state index contributed by atoms with van der Waals surface area (Å²) in [6, 6.07) is 8.10. The Kier molecular flexibility index (Phi) is 7.08. The zero-order valence-electron chi connectivity index (χ0n) is 18.3. The predicted octanol–water partition coefficient (Wildman–Crippen LogP) is 5.07. The monoisotopic (exact) mass is 412 g/mol. The predicted molar refractivity (Wildman–Crippen MR) is 118 cm³/mol. The number of amides is 2. The average molecular weight is 413 g/mol. The van der Waals surface area contributed by atoms with Crippen molar-refractivity contribution in [3.8, 4) is 0 Å². The van der Waals surface area contributed by atoms with Gasteiger partial charge in [0.25, 0.3) is 0 Å². The standard InChI is InChI=1S/C25H36N2O3/c1-2-3-4-12-24(28)26-21-11-7-10-19(15-21)23-16-20-17-27(14-13-22(20)30-23)25(29)18-8-5-6-9-18/h7,10-11,15,18,20,22-23H,2-6,8-9,12-14,16-17H2,1H3,(H,26,28)/t20-,22-,23+/m0/s1. The van der Waals surface area contributed by atoms with Crippen LogP contribution in [0, 0.1) is 11.8 Å². The van der Waals surface area contributed by atoms with Crippen LogP contribution in [0.3, 0.4) is 0 Å². The highest BCUT2D eigenvalue weighted by molar-refractivity contribution is 5.90. The van der Waals surface area contributed by atoms with E-state index in [1.807, 2.05) is 12.1 Å². The first-order valence-electron chi connectivity index (χ1n) is 12.0. The molecule has 2 amide bonds. The number of likely N-dealkylation sites (tertiary alicyclic amines) is 1. The van der Waals surface area contributed by atoms with Crippen LogP contribution < -0.4 is 5.32 Å². The van der Waals surface area contributed by atoms with Crippen LogP contribution in [0.1, 0.15) is 82.8 Å². The van der Waals surface area contributed by atoms with Crippen molar-refractivity contribution < 1.29 is 14.3 Å². The highest BCUT2D eigenvalue weighted by atomic mass is 16.5. The minimum absolute atomic E-state index is 0.0541. The summed E-state index contributed by atoms with van der Waals surface area (Å²) in [4.78, 5) is 27.1. The summed E-state index contributed by atoms with van der Waals surface area (Å²) in [5, 5.41) is 3.03. The number of unbranched alkanes of at least 4 members (excludes halogenated alkanes) is 2. The summed E-state index contributed by atoms with van der Waals surface area (Å²) >= 11 is 0. The van der Waals surface area contributed by atoms with Gasteiger partial charge in [0.1, 0.15) is 0 Å². The summed E-state index contributed by atoms with van der Waals surface area (Å²) in [6.45, 7) is 3.81. The van der Waals surface area contributed by atoms with Crippen molar-refractivity contribution in [2.45, 2.75) is 83.3 Å². The quantitative estimate of drug-likeness (QED) is 0.636. The van der Waals surface area contributed by atoms with E-state index in [0.29, 0.717) is 18.2 Å². The van der Waals surface area contributed by atoms with Crippen molar-refractivity contribution >= 4 is 17.5 Å². The van der Waals surface area contributed by atoms with Crippen LogP contribution in [0.5, 0.6) is 0 Å². The molecule has 3 fully saturated rings. The average Bonchev–Trinajstić information content (AvgIpc) is 3.43. The Morgan fingerprint density at radius 1 is 1.17 bits per heavy atom. The molecule has 0 aromatic heterocycles. The van der Waals surface area contributed by atoms with Crippen molar-refractivity contribution in [2.75, 3.05) is 18.4 Å². The van der Waals surface area contributed by atoms with Gasteiger partial charge in [-0.25, -0.2) is 0 Å². The molecule has 3 atom stereocenters. The maximum absolute atomic E-state index is 12.8. The lowest BCUT2D eigenvalue weighted by molar-refractivity contribution is -0.138. The van der Waals surface area contributed by atoms with Crippen LogP contribution in [-0.4, -0.2) is 35.9 Å². The minimum Gasteiger partial charge on any atom is -0.370 e. The second-order valence-electron chi connectivity index (χ2n) is 9.34. The third-order valence-electron chi connectivity index (χ3n) is 7.09. The Morgan fingerprint density at radius 2 is 2.00 bits per heavy atom. The molecule has 2 saturated heterocycles. The van der Waals surface area contributed by atoms with Crippen molar-refractivity contribution in [1.82, 2.24) is 4.90 Å². The highest BCUT2D eigenvalue weighted by Gasteiger charge is 2.41. The fourth-order valence-electron chi connectivity index (χ4n) is 5.38. The van der Waals surface area contributed by atoms with Gasteiger partial charge in [0.05, 0.1) is 12.2 Å². The summed E-state index contributed by atoms with van der Waals surface area (Å²) < 4.78 is 6.39. The number of benzene rings is 1. The molecule has 1 saturated carbocycles. The van der Waals surface area contributed by atoms with Gasteiger partial charge in [-0.15, -0.1) is 0 Å². The first-order valence-corrected chi connectivity index (χ1v) is 12.0. The molecule has 4 rings (SSSR count). The molecule has 0 spiro atoms. The maximum atomic E-state index is 12.8. The van der Waals surface area contributed by atoms with E-state index < -0.39 is 0 Å². The van der Waals surface area contributed by atoms with Crippen LogP contribution in [0.15, 0.2) is 24.3 Å². The largest absolute Gasteiger partial charge is 0.370 e. The Morgan fingerprint density at radius 3 is 2.80 bits per heavy atom. The van der Waals surface area contributed by atoms with Crippen molar-refractivity contribution in [3.05, 3.63) is 29.8 Å². The van der Waals surface area contributed by atoms with Gasteiger partial charge in [-0.3, -0.25) is 9.59 Å². The van der Waals surface area contributed by atoms with Gasteiger partial charge < -0.3 is 15.0 Å². The molecule has 1 aromatic rings. The molecule has 1 aliphatic carbocycles. The maximum Gasteiger partial charge on any atom is 0.225 e. The topological polar surface area (TPSA) is 58.6 Å². The summed E-state index contributed by atoms with van der Waals surface area (Å²) in [5.74, 6) is 1.14. The fourth-order valence-corrected chi connectivity index (χ4v) is 5.38. The number of carbonyl (C=O) groups is 2. The molecule has 1 N–H and O–H groups in total. The molecule has 1 aromatic carbocycles. The number of hydrogen-bond acceptors (Lipinski definition) is 3. The molecule has 30 heavy (non-hydrogen) atoms. The van der Waals surface area contributed by atoms with Crippen LogP contribution in [-0.2, 0) is 14.3 Å². The van der Waals surface area contributed by atoms with E-state index in [1.165, 1.54) is 12.8 Å². The normalized spacial score (nSPS) is 26.6. The molecule has 164 valence electrons. The second-order valence-corrected chi connectivity index (χ2v) is 9.34. The van der Waals surface area contributed by atoms with Gasteiger partial charge in [-0.05, 0) is 49.8 Å². The number of rotatable bonds is 7. The van der Waals surface area contributed by atoms with Gasteiger partial charge in [0, 0.05) is 37.0 Å². The Balaban J connectivity index is 1.33. The smallest absolute Gasteiger partial charge is 0.225 e. The van der Waals surface area contributed by atoms with Crippen LogP contribution >= 0.6 is 0 Å². The van der Waals surface area contributed by atoms with Crippen LogP contribution in [0.4, 0.5) is 5.69 Å². The molecule has 2 aliphatic heterocycles. The molecule has 3 aliphatic rings. The SMILES string of the molecule is CCCCCC(=O)Nc1cccc([C@H]2C[C@H]3CN(C(=O)C4CCCC4)CC[C@@H]3O2)c1. The van der Waals surface area contributed by atoms with Gasteiger partial charge in [0.2, 0.25) is 11.8 Å². The minimum atomic E-state index is 0.0541. The first-order chi connectivity index (χ1) is 14.6. The zero-order valence-corrected chi connectivity index (χ0v) is 18.3. The van der Waals surface area contributed by atoms with Crippen LogP contribution in [0.2, 0.25) is 0 Å². The molecule has 2 heterocycles. The molecular weight excluding hydrogens is 376 g/mol. The third-order valence-corrected chi connectivity index (χ3v) is 7.09. The van der Waals surface area contributed by atoms with Crippen LogP contribution in [0.25, 0.3) is 0 Å². The fraction of sp³-hybridized carbons (Fsp3) is 0.680. The van der Waals surface area contributed by atoms with E-state index in [2.05, 4.69) is 29.3 Å². The molecule has 5 nitrogen and oxygen atoms in total. The number of nitrogens with zero attached hydrogens (tertiary/aromatic N) is 1. The summed E-state index contributed by atoms with van der Waals surface area (Å²) in [5.41, 5.74) is 1.98. The van der Waals surface area contributed by atoms with Crippen molar-refractivity contribution in [1.29, 1.82) is 0 Å². The van der Waals surface area contributed by atoms with E-state index in [0.717, 1.165) is 69.3 Å². The summed E-state index contributed by atoms with van der Waals surface area (Å²) in [6.07, 6.45) is 10.5. The Bertz CT molecular complexity index is 744. The van der Waals surface area contributed by atoms with E-state index >= 15 is 0 Å². The number of carbonyl (C=O) groups excluding carboxylic acids is 2. The molecule has 5 heteroatoms. The number of hydrogen-bond donors (Lipinski definition) is 1. The number of fused-ring (bicyclic) bond motifs is 1. The number of ether oxygens (including phenoxy) is 1. The third kappa shape index (κ3) is 5.05. The Hall–Kier alpha value is -1.88. The lowest BCUT2D eigenvalue weighted by Gasteiger charge is -2.35. The first kappa shape index (κ1) is 21.4. The highest BCUT2D eigenvalue weighted by Crippen LogP contribution is 2.42. The second kappa shape index (κ2) is 9.95. The van der Waals surface area contributed by atoms with Crippen molar-refractivity contribution in [2.24, 2.45) is 11.8 Å². The van der Waals surface area contributed by atoms with Crippen molar-refractivity contribution in [3.63, 3.8) is 0 Å². The molecule has 0 bridgehead atoms. The van der Waals surface area contributed by atoms with Gasteiger partial charge >= 0.3 is 0 Å². The van der Waals surface area contributed by atoms with Gasteiger partial charge in [0.15, 0.2) is 0 Å². The molecule has 0 radical (unpaired) electrons. The zero-order chi connectivity index (χ0) is 20.9. The number of nitrogens with one attached hydrogen (secondary N) is 1. The summed E-state index contributed by atoms with van der Waals surface area (Å²) in [7, 11) is 0. The number of anilines is 1. The lowest BCUT2D eigenvalue weighted by Crippen LogP contribution is -2.46. The van der Waals surface area contributed by atoms with E-state index in [4.69, 9.17) is 4.74 Å². The molecule has 0 unspecified atom stereocenters. The number of piperidine rings is 1.